The minimum absolute atomic E-state index is 0.0379. The first-order valence-corrected chi connectivity index (χ1v) is 11.6. The maximum Gasteiger partial charge on any atom is 0.417 e. The highest BCUT2D eigenvalue weighted by Gasteiger charge is 2.36. The lowest BCUT2D eigenvalue weighted by Gasteiger charge is -2.34. The summed E-state index contributed by atoms with van der Waals surface area (Å²) >= 11 is 0.852. The molecule has 0 saturated carbocycles. The zero-order chi connectivity index (χ0) is 23.8. The standard InChI is InChI=1S/C21H25F3N4O4S/c1-11(12-8-31-9-12)26-20(30)32-13-3-5-28(6-4-13)16-7-15(21(22,23)24)18-17(27-16)14(10-33-18)19(29)25-2/h7,10-13H,3-6,8-9H2,1-2H3,(H,25,29)(H,26,30)/t11-/m1/s1. The third-order valence-corrected chi connectivity index (χ3v) is 7.05. The molecule has 0 unspecified atom stereocenters. The van der Waals surface area contributed by atoms with Crippen LogP contribution >= 0.6 is 11.3 Å². The van der Waals surface area contributed by atoms with Gasteiger partial charge in [-0.2, -0.15) is 13.2 Å². The van der Waals surface area contributed by atoms with Gasteiger partial charge in [0, 0.05) is 50.3 Å². The van der Waals surface area contributed by atoms with Crippen LogP contribution in [0.3, 0.4) is 0 Å². The number of anilines is 1. The summed E-state index contributed by atoms with van der Waals surface area (Å²) in [6, 6.07) is 0.978. The Kier molecular flexibility index (Phi) is 6.66. The molecule has 4 rings (SSSR count). The summed E-state index contributed by atoms with van der Waals surface area (Å²) in [4.78, 5) is 30.4. The van der Waals surface area contributed by atoms with Crippen LogP contribution in [0.1, 0.15) is 35.7 Å². The zero-order valence-electron chi connectivity index (χ0n) is 18.2. The summed E-state index contributed by atoms with van der Waals surface area (Å²) < 4.78 is 51.8. The summed E-state index contributed by atoms with van der Waals surface area (Å²) in [5.74, 6) is -0.0558. The smallest absolute Gasteiger partial charge is 0.417 e. The van der Waals surface area contributed by atoms with Crippen LogP contribution in [0.15, 0.2) is 11.4 Å². The molecule has 0 spiro atoms. The summed E-state index contributed by atoms with van der Waals surface area (Å²) in [5.41, 5.74) is -0.657. The van der Waals surface area contributed by atoms with E-state index in [1.165, 1.54) is 12.4 Å². The van der Waals surface area contributed by atoms with E-state index in [-0.39, 0.29) is 39.7 Å². The minimum atomic E-state index is -4.58. The molecule has 1 atom stereocenters. The first-order chi connectivity index (χ1) is 15.7. The summed E-state index contributed by atoms with van der Waals surface area (Å²) in [7, 11) is 1.42. The van der Waals surface area contributed by atoms with Gasteiger partial charge in [0.25, 0.3) is 5.91 Å². The molecule has 33 heavy (non-hydrogen) atoms. The molecule has 0 aliphatic carbocycles. The topological polar surface area (TPSA) is 92.8 Å². The van der Waals surface area contributed by atoms with Crippen molar-refractivity contribution in [3.05, 3.63) is 22.6 Å². The van der Waals surface area contributed by atoms with Gasteiger partial charge in [-0.05, 0) is 13.0 Å². The number of carbonyl (C=O) groups is 2. The van der Waals surface area contributed by atoms with Gasteiger partial charge < -0.3 is 25.0 Å². The van der Waals surface area contributed by atoms with Gasteiger partial charge in [-0.25, -0.2) is 9.78 Å². The lowest BCUT2D eigenvalue weighted by molar-refractivity contribution is -0.136. The first-order valence-electron chi connectivity index (χ1n) is 10.7. The molecule has 0 aromatic carbocycles. The number of rotatable bonds is 5. The average molecular weight is 487 g/mol. The van der Waals surface area contributed by atoms with Gasteiger partial charge >= 0.3 is 12.3 Å². The highest BCUT2D eigenvalue weighted by molar-refractivity contribution is 7.17. The third-order valence-electron chi connectivity index (χ3n) is 6.04. The van der Waals surface area contributed by atoms with Crippen molar-refractivity contribution < 1.29 is 32.2 Å². The fraction of sp³-hybridized carbons (Fsp3) is 0.571. The fourth-order valence-corrected chi connectivity index (χ4v) is 4.92. The molecule has 0 bridgehead atoms. The van der Waals surface area contributed by atoms with Crippen molar-refractivity contribution in [2.45, 2.75) is 38.1 Å². The van der Waals surface area contributed by atoms with Crippen LogP contribution in [0, 0.1) is 5.92 Å². The van der Waals surface area contributed by atoms with Gasteiger partial charge in [-0.1, -0.05) is 0 Å². The van der Waals surface area contributed by atoms with Crippen LogP contribution in [0.25, 0.3) is 10.2 Å². The third kappa shape index (κ3) is 5.01. The van der Waals surface area contributed by atoms with E-state index >= 15 is 0 Å². The number of piperidine rings is 1. The molecule has 12 heteroatoms. The van der Waals surface area contributed by atoms with E-state index in [1.807, 2.05) is 6.92 Å². The minimum Gasteiger partial charge on any atom is -0.446 e. The van der Waals surface area contributed by atoms with Crippen molar-refractivity contribution in [2.24, 2.45) is 5.92 Å². The van der Waals surface area contributed by atoms with E-state index in [9.17, 15) is 22.8 Å². The van der Waals surface area contributed by atoms with E-state index in [0.717, 1.165) is 17.4 Å². The second kappa shape index (κ2) is 9.34. The fourth-order valence-electron chi connectivity index (χ4n) is 3.90. The highest BCUT2D eigenvalue weighted by Crippen LogP contribution is 2.40. The van der Waals surface area contributed by atoms with E-state index < -0.39 is 23.7 Å². The molecule has 2 aromatic rings. The van der Waals surface area contributed by atoms with Crippen molar-refractivity contribution in [1.82, 2.24) is 15.6 Å². The molecule has 0 radical (unpaired) electrons. The van der Waals surface area contributed by atoms with E-state index in [2.05, 4.69) is 15.6 Å². The SMILES string of the molecule is CNC(=O)c1csc2c(C(F)(F)F)cc(N3CCC(OC(=O)N[C@H](C)C4COC4)CC3)nc12. The van der Waals surface area contributed by atoms with Gasteiger partial charge in [0.15, 0.2) is 0 Å². The summed E-state index contributed by atoms with van der Waals surface area (Å²) in [5, 5.41) is 6.64. The average Bonchev–Trinajstić information content (AvgIpc) is 3.14. The number of alkyl carbamates (subject to hydrolysis) is 1. The van der Waals surface area contributed by atoms with Gasteiger partial charge in [0.05, 0.1) is 34.6 Å². The Morgan fingerprint density at radius 3 is 2.58 bits per heavy atom. The van der Waals surface area contributed by atoms with Crippen LogP contribution in [0.5, 0.6) is 0 Å². The van der Waals surface area contributed by atoms with E-state index in [4.69, 9.17) is 9.47 Å². The predicted octanol–water partition coefficient (Wildman–Crippen LogP) is 3.40. The van der Waals surface area contributed by atoms with Crippen molar-refractivity contribution in [3.63, 3.8) is 0 Å². The number of nitrogens with one attached hydrogen (secondary N) is 2. The van der Waals surface area contributed by atoms with Crippen molar-refractivity contribution in [3.8, 4) is 0 Å². The van der Waals surface area contributed by atoms with Crippen LogP contribution in [0.4, 0.5) is 23.8 Å². The molecule has 2 aromatic heterocycles. The predicted molar refractivity (Wildman–Crippen MR) is 117 cm³/mol. The summed E-state index contributed by atoms with van der Waals surface area (Å²) in [6.45, 7) is 3.87. The number of hydrogen-bond acceptors (Lipinski definition) is 7. The Morgan fingerprint density at radius 1 is 1.30 bits per heavy atom. The largest absolute Gasteiger partial charge is 0.446 e. The van der Waals surface area contributed by atoms with Gasteiger partial charge in [0.1, 0.15) is 11.9 Å². The monoisotopic (exact) mass is 486 g/mol. The van der Waals surface area contributed by atoms with Gasteiger partial charge in [-0.15, -0.1) is 11.3 Å². The molecule has 2 N–H and O–H groups in total. The molecule has 4 heterocycles. The molecule has 2 aliphatic rings. The zero-order valence-corrected chi connectivity index (χ0v) is 19.0. The molecular formula is C21H25F3N4O4S. The maximum atomic E-state index is 13.7. The number of carbonyl (C=O) groups excluding carboxylic acids is 2. The Morgan fingerprint density at radius 2 is 2.00 bits per heavy atom. The van der Waals surface area contributed by atoms with Crippen LogP contribution < -0.4 is 15.5 Å². The molecular weight excluding hydrogens is 461 g/mol. The molecule has 2 amide bonds. The number of pyridine rings is 1. The number of hydrogen-bond donors (Lipinski definition) is 2. The normalized spacial score (nSPS) is 18.6. The van der Waals surface area contributed by atoms with Crippen molar-refractivity contribution in [2.75, 3.05) is 38.3 Å². The number of nitrogens with zero attached hydrogens (tertiary/aromatic N) is 2. The number of amides is 2. The van der Waals surface area contributed by atoms with Crippen LogP contribution in [-0.2, 0) is 15.7 Å². The number of ether oxygens (including phenoxy) is 2. The van der Waals surface area contributed by atoms with Crippen LogP contribution in [-0.4, -0.2) is 62.5 Å². The second-order valence-electron chi connectivity index (χ2n) is 8.25. The number of halogens is 3. The maximum absolute atomic E-state index is 13.7. The Balaban J connectivity index is 1.46. The molecule has 8 nitrogen and oxygen atoms in total. The van der Waals surface area contributed by atoms with Crippen molar-refractivity contribution >= 4 is 39.4 Å². The Hall–Kier alpha value is -2.60. The lowest BCUT2D eigenvalue weighted by atomic mass is 10.0. The summed E-state index contributed by atoms with van der Waals surface area (Å²) in [6.07, 6.45) is -4.50. The van der Waals surface area contributed by atoms with E-state index in [1.54, 1.807) is 4.90 Å². The second-order valence-corrected chi connectivity index (χ2v) is 9.13. The Bertz CT molecular complexity index is 1030. The number of fused-ring (bicyclic) bond motifs is 1. The van der Waals surface area contributed by atoms with E-state index in [0.29, 0.717) is 39.1 Å². The molecule has 2 saturated heterocycles. The first kappa shape index (κ1) is 23.6. The Labute approximate surface area is 192 Å². The number of aromatic nitrogens is 1. The quantitative estimate of drug-likeness (QED) is 0.673. The molecule has 2 aliphatic heterocycles. The number of alkyl halides is 3. The number of thiophene rings is 1. The highest BCUT2D eigenvalue weighted by atomic mass is 32.1. The molecule has 2 fully saturated rings. The van der Waals surface area contributed by atoms with Crippen LogP contribution in [0.2, 0.25) is 0 Å². The van der Waals surface area contributed by atoms with Gasteiger partial charge in [-0.3, -0.25) is 4.79 Å². The van der Waals surface area contributed by atoms with Gasteiger partial charge in [0.2, 0.25) is 0 Å². The lowest BCUT2D eigenvalue weighted by Crippen LogP contribution is -2.48. The van der Waals surface area contributed by atoms with Crippen molar-refractivity contribution in [1.29, 1.82) is 0 Å². The molecule has 180 valence electrons.